The lowest BCUT2D eigenvalue weighted by molar-refractivity contribution is 0.415. The molecule has 0 atom stereocenters. The average molecular weight is 426 g/mol. The number of aryl methyl sites for hydroxylation is 1. The van der Waals surface area contributed by atoms with Gasteiger partial charge < -0.3 is 4.74 Å². The third-order valence-corrected chi connectivity index (χ3v) is 6.47. The molecule has 154 valence electrons. The Morgan fingerprint density at radius 2 is 1.83 bits per heavy atom. The van der Waals surface area contributed by atoms with E-state index < -0.39 is 15.8 Å². The van der Waals surface area contributed by atoms with E-state index in [1.54, 1.807) is 53.8 Å². The van der Waals surface area contributed by atoms with E-state index in [0.29, 0.717) is 28.5 Å². The number of sulfonamides is 1. The summed E-state index contributed by atoms with van der Waals surface area (Å²) in [5, 5.41) is 7.96. The predicted octanol–water partition coefficient (Wildman–Crippen LogP) is 3.58. The topological polar surface area (TPSA) is 76.8 Å². The summed E-state index contributed by atoms with van der Waals surface area (Å²) in [6, 6.07) is 15.6. The van der Waals surface area contributed by atoms with Gasteiger partial charge in [-0.1, -0.05) is 12.1 Å². The average Bonchev–Trinajstić information content (AvgIpc) is 3.12. The molecule has 0 fully saturated rings. The van der Waals surface area contributed by atoms with Crippen LogP contribution in [0.25, 0.3) is 5.65 Å². The van der Waals surface area contributed by atoms with Crippen molar-refractivity contribution in [3.05, 3.63) is 84.1 Å². The SMILES string of the molecule is COc1ccc(N(Cc2cccc(F)c2)S(=O)(=O)c2ccc3nnc(C)n3c2)cc1. The molecule has 2 aromatic carbocycles. The summed E-state index contributed by atoms with van der Waals surface area (Å²) in [5.74, 6) is 0.743. The van der Waals surface area contributed by atoms with Crippen molar-refractivity contribution in [1.29, 1.82) is 0 Å². The molecule has 30 heavy (non-hydrogen) atoms. The molecule has 0 aliphatic carbocycles. The summed E-state index contributed by atoms with van der Waals surface area (Å²) >= 11 is 0. The molecule has 0 radical (unpaired) electrons. The van der Waals surface area contributed by atoms with Crippen LogP contribution in [0.3, 0.4) is 0 Å². The lowest BCUT2D eigenvalue weighted by atomic mass is 10.2. The number of aromatic nitrogens is 3. The van der Waals surface area contributed by atoms with Crippen molar-refractivity contribution in [3.63, 3.8) is 0 Å². The van der Waals surface area contributed by atoms with E-state index in [4.69, 9.17) is 4.74 Å². The van der Waals surface area contributed by atoms with Crippen molar-refractivity contribution in [1.82, 2.24) is 14.6 Å². The van der Waals surface area contributed by atoms with Gasteiger partial charge in [-0.2, -0.15) is 0 Å². The van der Waals surface area contributed by atoms with Crippen LogP contribution in [0, 0.1) is 12.7 Å². The van der Waals surface area contributed by atoms with Crippen molar-refractivity contribution < 1.29 is 17.5 Å². The molecule has 4 aromatic rings. The van der Waals surface area contributed by atoms with E-state index in [-0.39, 0.29) is 11.4 Å². The van der Waals surface area contributed by atoms with Gasteiger partial charge in [0.05, 0.1) is 19.3 Å². The number of pyridine rings is 1. The first-order chi connectivity index (χ1) is 14.4. The second-order valence-electron chi connectivity index (χ2n) is 6.68. The summed E-state index contributed by atoms with van der Waals surface area (Å²) in [6.07, 6.45) is 1.49. The van der Waals surface area contributed by atoms with Crippen LogP contribution in [-0.4, -0.2) is 30.1 Å². The quantitative estimate of drug-likeness (QED) is 0.471. The van der Waals surface area contributed by atoms with Crippen LogP contribution in [0.2, 0.25) is 0 Å². The highest BCUT2D eigenvalue weighted by Crippen LogP contribution is 2.28. The van der Waals surface area contributed by atoms with E-state index in [9.17, 15) is 12.8 Å². The number of methoxy groups -OCH3 is 1. The molecule has 0 saturated heterocycles. The van der Waals surface area contributed by atoms with E-state index >= 15 is 0 Å². The van der Waals surface area contributed by atoms with Gasteiger partial charge >= 0.3 is 0 Å². The number of anilines is 1. The molecule has 0 aliphatic rings. The highest BCUT2D eigenvalue weighted by Gasteiger charge is 2.26. The summed E-state index contributed by atoms with van der Waals surface area (Å²) in [7, 11) is -2.44. The van der Waals surface area contributed by atoms with Gasteiger partial charge in [0, 0.05) is 6.20 Å². The van der Waals surface area contributed by atoms with Gasteiger partial charge in [0.1, 0.15) is 22.3 Å². The zero-order valence-corrected chi connectivity index (χ0v) is 17.2. The molecule has 0 saturated carbocycles. The Bertz CT molecular complexity index is 1300. The second kappa shape index (κ2) is 7.75. The van der Waals surface area contributed by atoms with Gasteiger partial charge in [-0.3, -0.25) is 8.71 Å². The summed E-state index contributed by atoms with van der Waals surface area (Å²) in [4.78, 5) is 0.0742. The number of hydrogen-bond donors (Lipinski definition) is 0. The van der Waals surface area contributed by atoms with E-state index in [0.717, 1.165) is 0 Å². The smallest absolute Gasteiger partial charge is 0.266 e. The molecule has 0 amide bonds. The largest absolute Gasteiger partial charge is 0.497 e. The van der Waals surface area contributed by atoms with Gasteiger partial charge in [0.15, 0.2) is 5.65 Å². The highest BCUT2D eigenvalue weighted by molar-refractivity contribution is 7.92. The van der Waals surface area contributed by atoms with E-state index in [1.165, 1.54) is 35.8 Å². The zero-order chi connectivity index (χ0) is 21.3. The van der Waals surface area contributed by atoms with Gasteiger partial charge in [-0.25, -0.2) is 12.8 Å². The number of fused-ring (bicyclic) bond motifs is 1. The van der Waals surface area contributed by atoms with Crippen LogP contribution in [0.5, 0.6) is 5.75 Å². The maximum Gasteiger partial charge on any atom is 0.266 e. The Labute approximate surface area is 173 Å². The second-order valence-corrected chi connectivity index (χ2v) is 8.54. The molecule has 0 unspecified atom stereocenters. The zero-order valence-electron chi connectivity index (χ0n) is 16.4. The summed E-state index contributed by atoms with van der Waals surface area (Å²) < 4.78 is 48.9. The molecule has 0 aliphatic heterocycles. The van der Waals surface area contributed by atoms with Crippen LogP contribution in [-0.2, 0) is 16.6 Å². The fraction of sp³-hybridized carbons (Fsp3) is 0.143. The third kappa shape index (κ3) is 3.71. The molecular weight excluding hydrogens is 407 g/mol. The normalized spacial score (nSPS) is 11.6. The molecule has 0 N–H and O–H groups in total. The fourth-order valence-electron chi connectivity index (χ4n) is 3.13. The van der Waals surface area contributed by atoms with Crippen LogP contribution in [0.1, 0.15) is 11.4 Å². The first-order valence-electron chi connectivity index (χ1n) is 9.11. The molecule has 7 nitrogen and oxygen atoms in total. The summed E-state index contributed by atoms with van der Waals surface area (Å²) in [5.41, 5.74) is 1.50. The maximum atomic E-state index is 13.7. The molecule has 4 rings (SSSR count). The number of rotatable bonds is 6. The van der Waals surface area contributed by atoms with Gasteiger partial charge in [0.25, 0.3) is 10.0 Å². The third-order valence-electron chi connectivity index (χ3n) is 4.71. The lowest BCUT2D eigenvalue weighted by Gasteiger charge is -2.25. The Hall–Kier alpha value is -3.46. The van der Waals surface area contributed by atoms with Gasteiger partial charge in [-0.15, -0.1) is 10.2 Å². The highest BCUT2D eigenvalue weighted by atomic mass is 32.2. The molecule has 9 heteroatoms. The Kier molecular flexibility index (Phi) is 5.13. The Morgan fingerprint density at radius 3 is 2.53 bits per heavy atom. The van der Waals surface area contributed by atoms with Crippen molar-refractivity contribution in [2.24, 2.45) is 0 Å². The first kappa shape index (κ1) is 19.8. The minimum absolute atomic E-state index is 0.0361. The number of hydrogen-bond acceptors (Lipinski definition) is 5. The van der Waals surface area contributed by atoms with Crippen LogP contribution in [0.4, 0.5) is 10.1 Å². The van der Waals surface area contributed by atoms with Crippen LogP contribution >= 0.6 is 0 Å². The summed E-state index contributed by atoms with van der Waals surface area (Å²) in [6.45, 7) is 1.70. The fourth-order valence-corrected chi connectivity index (χ4v) is 4.58. The van der Waals surface area contributed by atoms with Crippen LogP contribution in [0.15, 0.2) is 71.8 Å². The molecule has 2 aromatic heterocycles. The van der Waals surface area contributed by atoms with Gasteiger partial charge in [-0.05, 0) is 61.0 Å². The first-order valence-corrected chi connectivity index (χ1v) is 10.5. The number of nitrogens with zero attached hydrogens (tertiary/aromatic N) is 4. The molecule has 0 bridgehead atoms. The maximum absolute atomic E-state index is 13.7. The van der Waals surface area contributed by atoms with Crippen molar-refractivity contribution >= 4 is 21.4 Å². The molecule has 0 spiro atoms. The Morgan fingerprint density at radius 1 is 1.07 bits per heavy atom. The number of halogens is 1. The number of ether oxygens (including phenoxy) is 1. The molecular formula is C21H19FN4O3S. The number of benzene rings is 2. The van der Waals surface area contributed by atoms with Crippen molar-refractivity contribution in [2.75, 3.05) is 11.4 Å². The standard InChI is InChI=1S/C21H19FN4O3S/c1-15-23-24-21-11-10-20(14-25(15)21)30(27,28)26(13-16-4-3-5-17(22)12-16)18-6-8-19(29-2)9-7-18/h3-12,14H,13H2,1-2H3. The van der Waals surface area contributed by atoms with E-state index in [1.807, 2.05) is 0 Å². The Balaban J connectivity index is 1.82. The van der Waals surface area contributed by atoms with Crippen LogP contribution < -0.4 is 9.04 Å². The van der Waals surface area contributed by atoms with E-state index in [2.05, 4.69) is 10.2 Å². The molecule has 2 heterocycles. The minimum Gasteiger partial charge on any atom is -0.497 e. The van der Waals surface area contributed by atoms with Crippen molar-refractivity contribution in [3.8, 4) is 5.75 Å². The van der Waals surface area contributed by atoms with Gasteiger partial charge in [0.2, 0.25) is 0 Å². The predicted molar refractivity (Wildman–Crippen MR) is 110 cm³/mol. The lowest BCUT2D eigenvalue weighted by Crippen LogP contribution is -2.30. The minimum atomic E-state index is -3.98. The van der Waals surface area contributed by atoms with Crippen molar-refractivity contribution in [2.45, 2.75) is 18.4 Å². The monoisotopic (exact) mass is 426 g/mol.